The molecule has 0 saturated heterocycles. The summed E-state index contributed by atoms with van der Waals surface area (Å²) in [5, 5.41) is 22.9. The zero-order valence-electron chi connectivity index (χ0n) is 17.6. The highest BCUT2D eigenvalue weighted by atomic mass is 31.1. The highest BCUT2D eigenvalue weighted by molar-refractivity contribution is 7.47. The summed E-state index contributed by atoms with van der Waals surface area (Å²) in [5.74, 6) is 1.53. The fourth-order valence-corrected chi connectivity index (χ4v) is 3.41. The minimum absolute atomic E-state index is 0.172. The zero-order chi connectivity index (χ0) is 22.8. The molecule has 2 atom stereocenters. The van der Waals surface area contributed by atoms with E-state index in [4.69, 9.17) is 14.4 Å². The second-order valence-electron chi connectivity index (χ2n) is 7.35. The van der Waals surface area contributed by atoms with E-state index >= 15 is 0 Å². The molecule has 0 fully saturated rings. The van der Waals surface area contributed by atoms with E-state index < -0.39 is 14.1 Å². The van der Waals surface area contributed by atoms with E-state index in [0.717, 1.165) is 29.8 Å². The Morgan fingerprint density at radius 2 is 1.44 bits per heavy atom. The number of aliphatic hydroxyl groups excluding tert-OH is 1. The molecular formula is C24H28NO6P. The van der Waals surface area contributed by atoms with Gasteiger partial charge in [-0.1, -0.05) is 24.3 Å². The summed E-state index contributed by atoms with van der Waals surface area (Å²) in [6.45, 7) is 1.70. The Labute approximate surface area is 188 Å². The van der Waals surface area contributed by atoms with Gasteiger partial charge in [-0.15, -0.1) is 0 Å². The number of ether oxygens (including phenoxy) is 2. The highest BCUT2D eigenvalue weighted by Crippen LogP contribution is 2.17. The summed E-state index contributed by atoms with van der Waals surface area (Å²) in [4.78, 5) is 9.11. The molecule has 3 aromatic rings. The van der Waals surface area contributed by atoms with E-state index in [1.54, 1.807) is 36.4 Å². The maximum Gasteiger partial charge on any atom is 0.218 e. The molecule has 0 bridgehead atoms. The second-order valence-corrected chi connectivity index (χ2v) is 8.54. The lowest BCUT2D eigenvalue weighted by Gasteiger charge is -2.13. The Balaban J connectivity index is 1.32. The van der Waals surface area contributed by atoms with Crippen LogP contribution < -0.4 is 20.1 Å². The van der Waals surface area contributed by atoms with Crippen molar-refractivity contribution in [1.29, 1.82) is 0 Å². The number of nitrogens with one attached hydrogen (secondary N) is 1. The second kappa shape index (κ2) is 12.3. The number of aliphatic hydroxyl groups is 1. The van der Waals surface area contributed by atoms with Gasteiger partial charge >= 0.3 is 0 Å². The molecule has 3 rings (SSSR count). The van der Waals surface area contributed by atoms with E-state index in [1.165, 1.54) is 12.1 Å². The molecule has 0 spiro atoms. The number of rotatable bonds is 12. The number of phenols is 1. The van der Waals surface area contributed by atoms with Gasteiger partial charge in [0.15, 0.2) is 0 Å². The average Bonchev–Trinajstić information content (AvgIpc) is 2.81. The third-order valence-corrected chi connectivity index (χ3v) is 5.61. The lowest BCUT2D eigenvalue weighted by molar-refractivity contribution is 0.106. The van der Waals surface area contributed by atoms with Crippen LogP contribution in [0.2, 0.25) is 0 Å². The van der Waals surface area contributed by atoms with Crippen LogP contribution in [0.3, 0.4) is 0 Å². The third kappa shape index (κ3) is 8.02. The molecule has 0 radical (unpaired) electrons. The summed E-state index contributed by atoms with van der Waals surface area (Å²) < 4.78 is 22.3. The smallest absolute Gasteiger partial charge is 0.218 e. The first-order valence-electron chi connectivity index (χ1n) is 10.3. The van der Waals surface area contributed by atoms with E-state index in [0.29, 0.717) is 24.2 Å². The van der Waals surface area contributed by atoms with Crippen molar-refractivity contribution in [1.82, 2.24) is 5.32 Å². The van der Waals surface area contributed by atoms with Crippen LogP contribution >= 0.6 is 8.03 Å². The van der Waals surface area contributed by atoms with E-state index in [-0.39, 0.29) is 12.4 Å². The van der Waals surface area contributed by atoms with Crippen LogP contribution in [0.1, 0.15) is 11.1 Å². The molecule has 8 heteroatoms. The molecule has 0 aliphatic rings. The minimum atomic E-state index is -2.65. The number of phenolic OH excluding ortho intramolecular Hbond substituents is 1. The van der Waals surface area contributed by atoms with Crippen LogP contribution in [0.5, 0.6) is 17.2 Å². The summed E-state index contributed by atoms with van der Waals surface area (Å²) in [6, 6.07) is 21.1. The van der Waals surface area contributed by atoms with Crippen molar-refractivity contribution in [3.05, 3.63) is 83.9 Å². The lowest BCUT2D eigenvalue weighted by Crippen LogP contribution is -2.32. The molecule has 170 valence electrons. The van der Waals surface area contributed by atoms with Gasteiger partial charge in [0.05, 0.1) is 0 Å². The van der Waals surface area contributed by atoms with Crippen LogP contribution in [0.15, 0.2) is 72.8 Å². The minimum Gasteiger partial charge on any atom is -0.508 e. The quantitative estimate of drug-likeness (QED) is 0.245. The van der Waals surface area contributed by atoms with Gasteiger partial charge < -0.3 is 29.9 Å². The van der Waals surface area contributed by atoms with Gasteiger partial charge in [-0.05, 0) is 72.6 Å². The summed E-state index contributed by atoms with van der Waals surface area (Å²) in [5.41, 5.74) is 2.08. The SMILES string of the molecule is O=[PH](O)c1ccc(COc2ccc(CCNCC(O)COc3ccc(O)cc3)cc2)cc1. The molecule has 0 aliphatic heterocycles. The van der Waals surface area contributed by atoms with Crippen LogP contribution in [0, 0.1) is 0 Å². The number of benzene rings is 3. The maximum absolute atomic E-state index is 11.1. The van der Waals surface area contributed by atoms with Gasteiger partial charge in [0.25, 0.3) is 0 Å². The monoisotopic (exact) mass is 457 g/mol. The molecule has 32 heavy (non-hydrogen) atoms. The van der Waals surface area contributed by atoms with Gasteiger partial charge in [0.2, 0.25) is 8.03 Å². The largest absolute Gasteiger partial charge is 0.508 e. The van der Waals surface area contributed by atoms with Gasteiger partial charge in [0, 0.05) is 11.8 Å². The zero-order valence-corrected chi connectivity index (χ0v) is 18.6. The van der Waals surface area contributed by atoms with Gasteiger partial charge in [-0.25, -0.2) is 0 Å². The van der Waals surface area contributed by atoms with E-state index in [1.807, 2.05) is 24.3 Å². The molecule has 0 heterocycles. The standard InChI is InChI=1S/C24H28NO6P/c26-20-5-9-23(10-6-20)31-17-21(27)15-25-14-13-18-1-7-22(8-2-18)30-16-19-3-11-24(12-4-19)32(28)29/h1-12,21,25-27,32H,13-17H2,(H,28,29). The molecule has 0 amide bonds. The molecule has 7 nitrogen and oxygen atoms in total. The van der Waals surface area contributed by atoms with Crippen molar-refractivity contribution in [2.75, 3.05) is 19.7 Å². The summed E-state index contributed by atoms with van der Waals surface area (Å²) in [6.07, 6.45) is 0.181. The van der Waals surface area contributed by atoms with Crippen molar-refractivity contribution in [2.45, 2.75) is 19.1 Å². The first kappa shape index (κ1) is 23.8. The Bertz CT molecular complexity index is 977. The van der Waals surface area contributed by atoms with Crippen molar-refractivity contribution >= 4 is 13.3 Å². The topological polar surface area (TPSA) is 108 Å². The van der Waals surface area contributed by atoms with Crippen molar-refractivity contribution < 1.29 is 29.1 Å². The van der Waals surface area contributed by atoms with E-state index in [2.05, 4.69) is 5.32 Å². The molecule has 2 unspecified atom stereocenters. The average molecular weight is 457 g/mol. The highest BCUT2D eigenvalue weighted by Gasteiger charge is 2.05. The lowest BCUT2D eigenvalue weighted by atomic mass is 10.1. The van der Waals surface area contributed by atoms with Gasteiger partial charge in [-0.3, -0.25) is 4.57 Å². The summed E-state index contributed by atoms with van der Waals surface area (Å²) >= 11 is 0. The normalized spacial score (nSPS) is 12.8. The van der Waals surface area contributed by atoms with Crippen molar-refractivity contribution in [3.8, 4) is 17.2 Å². The molecule has 0 saturated carbocycles. The van der Waals surface area contributed by atoms with Crippen LogP contribution in [-0.2, 0) is 17.6 Å². The Hall–Kier alpha value is -2.83. The maximum atomic E-state index is 11.1. The first-order valence-corrected chi connectivity index (χ1v) is 11.7. The number of aromatic hydroxyl groups is 1. The Morgan fingerprint density at radius 1 is 0.844 bits per heavy atom. The van der Waals surface area contributed by atoms with Crippen molar-refractivity contribution in [2.24, 2.45) is 0 Å². The Morgan fingerprint density at radius 3 is 2.09 bits per heavy atom. The predicted molar refractivity (Wildman–Crippen MR) is 124 cm³/mol. The third-order valence-electron chi connectivity index (χ3n) is 4.78. The Kier molecular flexibility index (Phi) is 9.13. The number of hydrogen-bond acceptors (Lipinski definition) is 6. The van der Waals surface area contributed by atoms with Crippen molar-refractivity contribution in [3.63, 3.8) is 0 Å². The molecular weight excluding hydrogens is 429 g/mol. The van der Waals surface area contributed by atoms with Gasteiger partial charge in [-0.2, -0.15) is 0 Å². The number of hydrogen-bond donors (Lipinski definition) is 4. The molecule has 0 aromatic heterocycles. The molecule has 0 aliphatic carbocycles. The fourth-order valence-electron chi connectivity index (χ4n) is 2.96. The predicted octanol–water partition coefficient (Wildman–Crippen LogP) is 2.64. The fraction of sp³-hybridized carbons (Fsp3) is 0.250. The molecule has 3 aromatic carbocycles. The van der Waals surface area contributed by atoms with Crippen LogP contribution in [0.25, 0.3) is 0 Å². The molecule has 4 N–H and O–H groups in total. The van der Waals surface area contributed by atoms with Crippen LogP contribution in [-0.4, -0.2) is 40.9 Å². The van der Waals surface area contributed by atoms with Crippen LogP contribution in [0.4, 0.5) is 0 Å². The first-order chi connectivity index (χ1) is 15.5. The van der Waals surface area contributed by atoms with Gasteiger partial charge in [0.1, 0.15) is 36.6 Å². The summed E-state index contributed by atoms with van der Waals surface area (Å²) in [7, 11) is -2.65. The van der Waals surface area contributed by atoms with E-state index in [9.17, 15) is 14.8 Å².